The molecule has 0 unspecified atom stereocenters. The molecule has 0 bridgehead atoms. The highest BCUT2D eigenvalue weighted by molar-refractivity contribution is 6.16. The van der Waals surface area contributed by atoms with E-state index in [2.05, 4.69) is 266 Å². The lowest BCUT2D eigenvalue weighted by molar-refractivity contribution is 0.660. The molecule has 0 atom stereocenters. The van der Waals surface area contributed by atoms with Gasteiger partial charge in [-0.15, -0.1) is 0 Å². The van der Waals surface area contributed by atoms with Crippen molar-refractivity contribution in [2.24, 2.45) is 0 Å². The molecular formula is C64H46N2. The van der Waals surface area contributed by atoms with Crippen molar-refractivity contribution >= 4 is 38.9 Å². The minimum absolute atomic E-state index is 0.157. The van der Waals surface area contributed by atoms with Gasteiger partial charge in [0.15, 0.2) is 0 Å². The molecule has 0 radical (unpaired) electrons. The minimum Gasteiger partial charge on any atom is -0.310 e. The molecule has 2 heteroatoms. The molecule has 11 aromatic rings. The van der Waals surface area contributed by atoms with Crippen LogP contribution in [0.15, 0.2) is 243 Å². The van der Waals surface area contributed by atoms with Crippen LogP contribution in [0.5, 0.6) is 0 Å². The van der Waals surface area contributed by atoms with Gasteiger partial charge in [-0.2, -0.15) is 0 Å². The zero-order valence-electron chi connectivity index (χ0n) is 37.0. The maximum absolute atomic E-state index is 2.52. The quantitative estimate of drug-likeness (QED) is 0.155. The first-order chi connectivity index (χ1) is 32.5. The Morgan fingerprint density at radius 3 is 1.67 bits per heavy atom. The second-order valence-corrected chi connectivity index (χ2v) is 18.4. The van der Waals surface area contributed by atoms with Crippen molar-refractivity contribution < 1.29 is 0 Å². The van der Waals surface area contributed by atoms with Gasteiger partial charge in [0.25, 0.3) is 0 Å². The van der Waals surface area contributed by atoms with Crippen LogP contribution < -0.4 is 4.90 Å². The highest BCUT2D eigenvalue weighted by atomic mass is 15.1. The standard InChI is InChI=1S/C64H46N2/c1-63(2)54-30-15-12-26-50(54)51-41-40-48(42-57(51)63)65(47-38-36-43(37-39-47)49-29-18-34-59-61(49)53-28-14-17-33-58(53)66(59)46-24-10-5-11-25-46)60-35-19-32-56-62(60)52-27-13-16-31-55(52)64(56,44-20-6-3-7-21-44)45-22-8-4-9-23-45/h3-42H,1-2H3. The topological polar surface area (TPSA) is 8.17 Å². The van der Waals surface area contributed by atoms with Crippen LogP contribution in [0.25, 0.3) is 60.9 Å². The first-order valence-electron chi connectivity index (χ1n) is 23.1. The monoisotopic (exact) mass is 842 g/mol. The Morgan fingerprint density at radius 2 is 0.924 bits per heavy atom. The molecule has 0 amide bonds. The van der Waals surface area contributed by atoms with Crippen LogP contribution in [0, 0.1) is 0 Å². The van der Waals surface area contributed by atoms with Crippen LogP contribution in [-0.4, -0.2) is 4.57 Å². The van der Waals surface area contributed by atoms with Gasteiger partial charge in [-0.25, -0.2) is 0 Å². The van der Waals surface area contributed by atoms with Crippen molar-refractivity contribution in [2.45, 2.75) is 24.7 Å². The SMILES string of the molecule is CC1(C)c2ccccc2-c2ccc(N(c3ccc(-c4cccc5c4c4ccccc4n5-c4ccccc4)cc3)c3cccc4c3-c3ccccc3C4(c3ccccc3)c3ccccc3)cc21. The van der Waals surface area contributed by atoms with E-state index in [-0.39, 0.29) is 5.41 Å². The molecule has 0 saturated heterocycles. The molecule has 0 fully saturated rings. The van der Waals surface area contributed by atoms with Crippen molar-refractivity contribution in [3.8, 4) is 39.1 Å². The van der Waals surface area contributed by atoms with Crippen LogP contribution in [-0.2, 0) is 10.8 Å². The largest absolute Gasteiger partial charge is 0.310 e. The van der Waals surface area contributed by atoms with Crippen LogP contribution in [0.1, 0.15) is 47.2 Å². The summed E-state index contributed by atoms with van der Waals surface area (Å²) in [5.41, 5.74) is 21.7. The van der Waals surface area contributed by atoms with E-state index >= 15 is 0 Å². The summed E-state index contributed by atoms with van der Waals surface area (Å²) >= 11 is 0. The van der Waals surface area contributed by atoms with Crippen LogP contribution in [0.3, 0.4) is 0 Å². The van der Waals surface area contributed by atoms with Crippen molar-refractivity contribution in [2.75, 3.05) is 4.90 Å². The number of para-hydroxylation sites is 2. The predicted octanol–water partition coefficient (Wildman–Crippen LogP) is 16.6. The Labute approximate surface area is 386 Å². The molecule has 13 rings (SSSR count). The molecule has 0 aliphatic heterocycles. The smallest absolute Gasteiger partial charge is 0.0714 e. The molecule has 66 heavy (non-hydrogen) atoms. The van der Waals surface area contributed by atoms with E-state index in [9.17, 15) is 0 Å². The maximum atomic E-state index is 2.52. The van der Waals surface area contributed by atoms with E-state index in [1.165, 1.54) is 88.6 Å². The number of nitrogens with zero attached hydrogens (tertiary/aromatic N) is 2. The Hall–Kier alpha value is -8.20. The summed E-state index contributed by atoms with van der Waals surface area (Å²) in [6.07, 6.45) is 0. The molecular weight excluding hydrogens is 797 g/mol. The molecule has 1 aromatic heterocycles. The fraction of sp³-hybridized carbons (Fsp3) is 0.0625. The fourth-order valence-corrected chi connectivity index (χ4v) is 11.8. The van der Waals surface area contributed by atoms with E-state index < -0.39 is 5.41 Å². The molecule has 0 N–H and O–H groups in total. The van der Waals surface area contributed by atoms with Gasteiger partial charge in [0.05, 0.1) is 22.1 Å². The summed E-state index contributed by atoms with van der Waals surface area (Å²) in [6, 6.07) is 90.0. The summed E-state index contributed by atoms with van der Waals surface area (Å²) in [4.78, 5) is 2.52. The molecule has 2 nitrogen and oxygen atoms in total. The molecule has 1 heterocycles. The van der Waals surface area contributed by atoms with Gasteiger partial charge in [0.1, 0.15) is 0 Å². The van der Waals surface area contributed by atoms with Crippen LogP contribution in [0.4, 0.5) is 17.1 Å². The van der Waals surface area contributed by atoms with E-state index in [0.29, 0.717) is 0 Å². The summed E-state index contributed by atoms with van der Waals surface area (Å²) in [6.45, 7) is 4.75. The Balaban J connectivity index is 1.04. The van der Waals surface area contributed by atoms with Gasteiger partial charge in [0, 0.05) is 38.8 Å². The first-order valence-corrected chi connectivity index (χ1v) is 23.1. The summed E-state index contributed by atoms with van der Waals surface area (Å²) in [7, 11) is 0. The van der Waals surface area contributed by atoms with Gasteiger partial charge in [-0.1, -0.05) is 202 Å². The maximum Gasteiger partial charge on any atom is 0.0714 e. The number of hydrogen-bond acceptors (Lipinski definition) is 1. The van der Waals surface area contributed by atoms with Gasteiger partial charge in [-0.3, -0.25) is 0 Å². The second-order valence-electron chi connectivity index (χ2n) is 18.4. The Morgan fingerprint density at radius 1 is 0.379 bits per heavy atom. The number of fused-ring (bicyclic) bond motifs is 9. The number of hydrogen-bond donors (Lipinski definition) is 0. The highest BCUT2D eigenvalue weighted by Crippen LogP contribution is 2.60. The number of benzene rings is 10. The third-order valence-corrected chi connectivity index (χ3v) is 14.7. The average Bonchev–Trinajstić information content (AvgIpc) is 3.97. The molecule has 0 saturated carbocycles. The molecule has 312 valence electrons. The lowest BCUT2D eigenvalue weighted by Gasteiger charge is -2.34. The van der Waals surface area contributed by atoms with E-state index in [0.717, 1.165) is 22.7 Å². The third kappa shape index (κ3) is 5.42. The first kappa shape index (κ1) is 38.3. The molecule has 2 aliphatic carbocycles. The van der Waals surface area contributed by atoms with Crippen molar-refractivity contribution in [1.82, 2.24) is 4.57 Å². The zero-order valence-corrected chi connectivity index (χ0v) is 37.0. The van der Waals surface area contributed by atoms with Gasteiger partial charge < -0.3 is 9.47 Å². The lowest BCUT2D eigenvalue weighted by Crippen LogP contribution is -2.28. The summed E-state index contributed by atoms with van der Waals surface area (Å²) in [5.74, 6) is 0. The van der Waals surface area contributed by atoms with Crippen molar-refractivity contribution in [3.05, 3.63) is 276 Å². The van der Waals surface area contributed by atoms with Gasteiger partial charge in [-0.05, 0) is 116 Å². The van der Waals surface area contributed by atoms with Crippen LogP contribution >= 0.6 is 0 Å². The molecule has 2 aliphatic rings. The van der Waals surface area contributed by atoms with Crippen molar-refractivity contribution in [1.29, 1.82) is 0 Å². The van der Waals surface area contributed by atoms with Crippen molar-refractivity contribution in [3.63, 3.8) is 0 Å². The average molecular weight is 843 g/mol. The number of anilines is 3. The van der Waals surface area contributed by atoms with Gasteiger partial charge in [0.2, 0.25) is 0 Å². The zero-order chi connectivity index (χ0) is 44.0. The number of rotatable bonds is 7. The highest BCUT2D eigenvalue weighted by Gasteiger charge is 2.47. The lowest BCUT2D eigenvalue weighted by atomic mass is 9.68. The fourth-order valence-electron chi connectivity index (χ4n) is 11.8. The Bertz CT molecular complexity index is 3620. The van der Waals surface area contributed by atoms with E-state index in [1.54, 1.807) is 0 Å². The third-order valence-electron chi connectivity index (χ3n) is 14.7. The van der Waals surface area contributed by atoms with Crippen LogP contribution in [0.2, 0.25) is 0 Å². The summed E-state index contributed by atoms with van der Waals surface area (Å²) < 4.78 is 2.40. The predicted molar refractivity (Wildman–Crippen MR) is 276 cm³/mol. The van der Waals surface area contributed by atoms with E-state index in [1.807, 2.05) is 0 Å². The second kappa shape index (κ2) is 14.7. The van der Waals surface area contributed by atoms with E-state index in [4.69, 9.17) is 0 Å². The Kier molecular flexibility index (Phi) is 8.51. The molecule has 10 aromatic carbocycles. The molecule has 0 spiro atoms. The summed E-state index contributed by atoms with van der Waals surface area (Å²) in [5, 5.41) is 2.51. The minimum atomic E-state index is -0.515. The van der Waals surface area contributed by atoms with Gasteiger partial charge >= 0.3 is 0 Å². The normalized spacial score (nSPS) is 13.8. The number of aromatic nitrogens is 1.